The SMILES string of the molecule is O=C(NCCc1ccc(CO)cc1)C(=O)Nc1ccc(F)cc1F. The van der Waals surface area contributed by atoms with E-state index in [0.717, 1.165) is 23.3 Å². The number of carbonyl (C=O) groups excluding carboxylic acids is 2. The highest BCUT2D eigenvalue weighted by Gasteiger charge is 2.15. The molecule has 0 saturated carbocycles. The molecule has 0 unspecified atom stereocenters. The molecule has 0 atom stereocenters. The van der Waals surface area contributed by atoms with Crippen molar-refractivity contribution in [2.75, 3.05) is 11.9 Å². The Kier molecular flexibility index (Phi) is 5.97. The molecule has 2 amide bonds. The van der Waals surface area contributed by atoms with E-state index in [1.165, 1.54) is 0 Å². The molecule has 7 heteroatoms. The predicted octanol–water partition coefficient (Wildman–Crippen LogP) is 1.75. The molecule has 0 heterocycles. The Hall–Kier alpha value is -2.80. The summed E-state index contributed by atoms with van der Waals surface area (Å²) >= 11 is 0. The van der Waals surface area contributed by atoms with Crippen molar-refractivity contribution in [2.24, 2.45) is 0 Å². The summed E-state index contributed by atoms with van der Waals surface area (Å²) in [6.07, 6.45) is 0.496. The number of amides is 2. The summed E-state index contributed by atoms with van der Waals surface area (Å²) in [5, 5.41) is 13.4. The van der Waals surface area contributed by atoms with E-state index in [4.69, 9.17) is 5.11 Å². The number of anilines is 1. The van der Waals surface area contributed by atoms with Crippen molar-refractivity contribution in [1.29, 1.82) is 0 Å². The molecule has 126 valence electrons. The van der Waals surface area contributed by atoms with E-state index in [2.05, 4.69) is 10.6 Å². The molecule has 0 bridgehead atoms. The third-order valence-electron chi connectivity index (χ3n) is 3.29. The lowest BCUT2D eigenvalue weighted by molar-refractivity contribution is -0.136. The Morgan fingerprint density at radius 3 is 2.25 bits per heavy atom. The zero-order chi connectivity index (χ0) is 17.5. The summed E-state index contributed by atoms with van der Waals surface area (Å²) in [7, 11) is 0. The Balaban J connectivity index is 1.81. The van der Waals surface area contributed by atoms with Gasteiger partial charge < -0.3 is 15.7 Å². The summed E-state index contributed by atoms with van der Waals surface area (Å²) < 4.78 is 26.2. The van der Waals surface area contributed by atoms with Crippen LogP contribution < -0.4 is 10.6 Å². The minimum absolute atomic E-state index is 0.0445. The van der Waals surface area contributed by atoms with Crippen LogP contribution in [0.25, 0.3) is 0 Å². The van der Waals surface area contributed by atoms with Crippen LogP contribution in [-0.2, 0) is 22.6 Å². The van der Waals surface area contributed by atoms with Crippen LogP contribution in [0, 0.1) is 11.6 Å². The van der Waals surface area contributed by atoms with Gasteiger partial charge in [-0.05, 0) is 29.7 Å². The number of rotatable bonds is 5. The van der Waals surface area contributed by atoms with Crippen LogP contribution in [0.2, 0.25) is 0 Å². The second-order valence-electron chi connectivity index (χ2n) is 5.06. The standard InChI is InChI=1S/C17H16F2N2O3/c18-13-5-6-15(14(19)9-13)21-17(24)16(23)20-8-7-11-1-3-12(10-22)4-2-11/h1-6,9,22H,7-8,10H2,(H,20,23)(H,21,24). The lowest BCUT2D eigenvalue weighted by Gasteiger charge is -2.08. The molecular formula is C17H16F2N2O3. The van der Waals surface area contributed by atoms with E-state index in [-0.39, 0.29) is 18.8 Å². The molecule has 0 saturated heterocycles. The van der Waals surface area contributed by atoms with Crippen molar-refractivity contribution in [2.45, 2.75) is 13.0 Å². The highest BCUT2D eigenvalue weighted by atomic mass is 19.1. The van der Waals surface area contributed by atoms with Crippen LogP contribution in [0.1, 0.15) is 11.1 Å². The van der Waals surface area contributed by atoms with Crippen LogP contribution in [0.4, 0.5) is 14.5 Å². The van der Waals surface area contributed by atoms with E-state index in [0.29, 0.717) is 12.5 Å². The molecule has 2 rings (SSSR count). The van der Waals surface area contributed by atoms with E-state index in [1.54, 1.807) is 12.1 Å². The summed E-state index contributed by atoms with van der Waals surface area (Å²) in [6, 6.07) is 9.79. The summed E-state index contributed by atoms with van der Waals surface area (Å²) in [5.41, 5.74) is 1.44. The van der Waals surface area contributed by atoms with Gasteiger partial charge in [-0.25, -0.2) is 8.78 Å². The minimum atomic E-state index is -1.03. The number of aliphatic hydroxyl groups excluding tert-OH is 1. The molecule has 24 heavy (non-hydrogen) atoms. The van der Waals surface area contributed by atoms with E-state index >= 15 is 0 Å². The highest BCUT2D eigenvalue weighted by molar-refractivity contribution is 6.39. The molecule has 0 radical (unpaired) electrons. The van der Waals surface area contributed by atoms with Crippen molar-refractivity contribution in [3.8, 4) is 0 Å². The van der Waals surface area contributed by atoms with E-state index < -0.39 is 23.4 Å². The second-order valence-corrected chi connectivity index (χ2v) is 5.06. The molecular weight excluding hydrogens is 318 g/mol. The number of hydrogen-bond acceptors (Lipinski definition) is 3. The van der Waals surface area contributed by atoms with Crippen LogP contribution in [0.15, 0.2) is 42.5 Å². The normalized spacial score (nSPS) is 10.3. The van der Waals surface area contributed by atoms with Gasteiger partial charge in [0.2, 0.25) is 0 Å². The summed E-state index contributed by atoms with van der Waals surface area (Å²) in [6.45, 7) is 0.174. The largest absolute Gasteiger partial charge is 0.392 e. The Morgan fingerprint density at radius 2 is 1.62 bits per heavy atom. The lowest BCUT2D eigenvalue weighted by Crippen LogP contribution is -2.36. The van der Waals surface area contributed by atoms with Crippen molar-refractivity contribution in [1.82, 2.24) is 5.32 Å². The first-order valence-electron chi connectivity index (χ1n) is 7.22. The van der Waals surface area contributed by atoms with Gasteiger partial charge in [0.15, 0.2) is 0 Å². The van der Waals surface area contributed by atoms with Gasteiger partial charge in [0.05, 0.1) is 12.3 Å². The van der Waals surface area contributed by atoms with Crippen LogP contribution >= 0.6 is 0 Å². The van der Waals surface area contributed by atoms with Gasteiger partial charge in [0.1, 0.15) is 11.6 Å². The minimum Gasteiger partial charge on any atom is -0.392 e. The first-order valence-corrected chi connectivity index (χ1v) is 7.22. The van der Waals surface area contributed by atoms with Crippen molar-refractivity contribution in [3.63, 3.8) is 0 Å². The number of carbonyl (C=O) groups is 2. The van der Waals surface area contributed by atoms with Gasteiger partial charge >= 0.3 is 11.8 Å². The molecule has 0 aliphatic rings. The third-order valence-corrected chi connectivity index (χ3v) is 3.29. The molecule has 2 aromatic carbocycles. The zero-order valence-corrected chi connectivity index (χ0v) is 12.7. The van der Waals surface area contributed by atoms with Gasteiger partial charge in [-0.2, -0.15) is 0 Å². The molecule has 0 aliphatic heterocycles. The fourth-order valence-electron chi connectivity index (χ4n) is 1.98. The van der Waals surface area contributed by atoms with Crippen LogP contribution in [0.5, 0.6) is 0 Å². The number of halogens is 2. The average Bonchev–Trinajstić information content (AvgIpc) is 2.57. The molecule has 0 fully saturated rings. The lowest BCUT2D eigenvalue weighted by atomic mass is 10.1. The van der Waals surface area contributed by atoms with Gasteiger partial charge in [-0.15, -0.1) is 0 Å². The molecule has 0 aromatic heterocycles. The number of hydrogen-bond donors (Lipinski definition) is 3. The van der Waals surface area contributed by atoms with Gasteiger partial charge in [-0.3, -0.25) is 9.59 Å². The maximum atomic E-state index is 13.4. The first-order chi connectivity index (χ1) is 11.5. The zero-order valence-electron chi connectivity index (χ0n) is 12.7. The first kappa shape index (κ1) is 17.6. The van der Waals surface area contributed by atoms with Crippen molar-refractivity contribution < 1.29 is 23.5 Å². The predicted molar refractivity (Wildman–Crippen MR) is 84.1 cm³/mol. The Morgan fingerprint density at radius 1 is 0.958 bits per heavy atom. The highest BCUT2D eigenvalue weighted by Crippen LogP contribution is 2.14. The fraction of sp³-hybridized carbons (Fsp3) is 0.176. The molecule has 0 aliphatic carbocycles. The fourth-order valence-corrected chi connectivity index (χ4v) is 1.98. The van der Waals surface area contributed by atoms with Crippen LogP contribution in [-0.4, -0.2) is 23.5 Å². The second kappa shape index (κ2) is 8.16. The third kappa shape index (κ3) is 4.85. The van der Waals surface area contributed by atoms with Crippen molar-refractivity contribution in [3.05, 3.63) is 65.2 Å². The molecule has 2 aromatic rings. The van der Waals surface area contributed by atoms with Gasteiger partial charge in [-0.1, -0.05) is 24.3 Å². The van der Waals surface area contributed by atoms with Gasteiger partial charge in [0, 0.05) is 12.6 Å². The van der Waals surface area contributed by atoms with Crippen LogP contribution in [0.3, 0.4) is 0 Å². The maximum absolute atomic E-state index is 13.4. The maximum Gasteiger partial charge on any atom is 0.313 e. The van der Waals surface area contributed by atoms with E-state index in [1.807, 2.05) is 12.1 Å². The molecule has 0 spiro atoms. The Bertz CT molecular complexity index is 733. The summed E-state index contributed by atoms with van der Waals surface area (Å²) in [4.78, 5) is 23.3. The number of benzene rings is 2. The smallest absolute Gasteiger partial charge is 0.313 e. The Labute approximate surface area is 137 Å². The summed E-state index contributed by atoms with van der Waals surface area (Å²) in [5.74, 6) is -3.68. The van der Waals surface area contributed by atoms with Crippen molar-refractivity contribution >= 4 is 17.5 Å². The monoisotopic (exact) mass is 334 g/mol. The van der Waals surface area contributed by atoms with Gasteiger partial charge in [0.25, 0.3) is 0 Å². The number of aliphatic hydroxyl groups is 1. The van der Waals surface area contributed by atoms with E-state index in [9.17, 15) is 18.4 Å². The quantitative estimate of drug-likeness (QED) is 0.729. The average molecular weight is 334 g/mol. The molecule has 3 N–H and O–H groups in total. The number of nitrogens with one attached hydrogen (secondary N) is 2. The molecule has 5 nitrogen and oxygen atoms in total. The topological polar surface area (TPSA) is 78.4 Å².